The summed E-state index contributed by atoms with van der Waals surface area (Å²) in [6.07, 6.45) is -3.32. The summed E-state index contributed by atoms with van der Waals surface area (Å²) in [4.78, 5) is 13.0. The van der Waals surface area contributed by atoms with Crippen LogP contribution in [0.15, 0.2) is 54.6 Å². The van der Waals surface area contributed by atoms with Gasteiger partial charge in [0.2, 0.25) is 0 Å². The van der Waals surface area contributed by atoms with Crippen molar-refractivity contribution in [3.8, 4) is 11.3 Å². The molecule has 0 N–H and O–H groups in total. The molecule has 1 aliphatic rings. The monoisotopic (exact) mass is 398 g/mol. The highest BCUT2D eigenvalue weighted by atomic mass is 19.4. The summed E-state index contributed by atoms with van der Waals surface area (Å²) in [5, 5.41) is 4.68. The molecule has 1 heterocycles. The molecule has 4 rings (SSSR count). The third-order valence-corrected chi connectivity index (χ3v) is 5.28. The van der Waals surface area contributed by atoms with E-state index in [1.165, 1.54) is 12.1 Å². The summed E-state index contributed by atoms with van der Waals surface area (Å²) in [5.74, 6) is -0.00883. The van der Waals surface area contributed by atoms with Crippen molar-refractivity contribution in [2.24, 2.45) is 5.41 Å². The summed E-state index contributed by atoms with van der Waals surface area (Å²) < 4.78 is 40.6. The summed E-state index contributed by atoms with van der Waals surface area (Å²) in [7, 11) is 0. The topological polar surface area (TPSA) is 34.9 Å². The number of nitrogens with zero attached hydrogens (tertiary/aromatic N) is 2. The molecule has 0 radical (unpaired) electrons. The maximum Gasteiger partial charge on any atom is 0.416 e. The molecule has 6 heteroatoms. The van der Waals surface area contributed by atoms with Crippen LogP contribution >= 0.6 is 0 Å². The Balaban J connectivity index is 1.81. The maximum atomic E-state index is 13.0. The van der Waals surface area contributed by atoms with Gasteiger partial charge in [-0.15, -0.1) is 0 Å². The molecule has 3 aromatic rings. The second kappa shape index (κ2) is 6.87. The van der Waals surface area contributed by atoms with E-state index < -0.39 is 11.7 Å². The average molecular weight is 398 g/mol. The van der Waals surface area contributed by atoms with Gasteiger partial charge in [-0.1, -0.05) is 56.3 Å². The van der Waals surface area contributed by atoms with Crippen LogP contribution in [0.25, 0.3) is 11.3 Å². The minimum atomic E-state index is -4.40. The van der Waals surface area contributed by atoms with E-state index in [1.807, 2.05) is 48.9 Å². The van der Waals surface area contributed by atoms with Gasteiger partial charge in [-0.2, -0.15) is 18.3 Å². The number of carbonyl (C=O) groups is 1. The number of aromatic nitrogens is 2. The number of fused-ring (bicyclic) bond motifs is 1. The third-order valence-electron chi connectivity index (χ3n) is 5.28. The molecular weight excluding hydrogens is 377 g/mol. The normalized spacial score (nSPS) is 16.0. The van der Waals surface area contributed by atoms with E-state index in [1.54, 1.807) is 0 Å². The van der Waals surface area contributed by atoms with Gasteiger partial charge in [0, 0.05) is 12.0 Å². The molecule has 150 valence electrons. The Bertz CT molecular complexity index is 1050. The van der Waals surface area contributed by atoms with Crippen LogP contribution in [0.2, 0.25) is 0 Å². The Morgan fingerprint density at radius 2 is 1.66 bits per heavy atom. The summed E-state index contributed by atoms with van der Waals surface area (Å²) in [6, 6.07) is 14.7. The number of hydrogen-bond donors (Lipinski definition) is 0. The van der Waals surface area contributed by atoms with Crippen molar-refractivity contribution >= 4 is 5.78 Å². The number of halogens is 3. The SMILES string of the molecule is CC1(C)CC(=O)c2c(-c3ccc(C(F)(F)F)cc3)nn(Cc3ccccc3)c2C1. The van der Waals surface area contributed by atoms with Crippen molar-refractivity contribution < 1.29 is 18.0 Å². The van der Waals surface area contributed by atoms with Crippen molar-refractivity contribution in [3.63, 3.8) is 0 Å². The van der Waals surface area contributed by atoms with Gasteiger partial charge in [-0.3, -0.25) is 9.48 Å². The molecule has 2 aromatic carbocycles. The fraction of sp³-hybridized carbons (Fsp3) is 0.304. The number of alkyl halides is 3. The average Bonchev–Trinajstić information content (AvgIpc) is 2.99. The molecular formula is C23H21F3N2O. The first-order chi connectivity index (χ1) is 13.6. The Morgan fingerprint density at radius 3 is 2.28 bits per heavy atom. The van der Waals surface area contributed by atoms with E-state index in [-0.39, 0.29) is 11.2 Å². The predicted octanol–water partition coefficient (Wildman–Crippen LogP) is 5.77. The zero-order valence-electron chi connectivity index (χ0n) is 16.3. The van der Waals surface area contributed by atoms with Crippen molar-refractivity contribution in [1.82, 2.24) is 9.78 Å². The highest BCUT2D eigenvalue weighted by molar-refractivity contribution is 6.04. The number of rotatable bonds is 3. The van der Waals surface area contributed by atoms with Gasteiger partial charge in [0.05, 0.1) is 23.4 Å². The third kappa shape index (κ3) is 3.84. The molecule has 3 nitrogen and oxygen atoms in total. The van der Waals surface area contributed by atoms with Crippen molar-refractivity contribution in [2.75, 3.05) is 0 Å². The van der Waals surface area contributed by atoms with Crippen molar-refractivity contribution in [2.45, 2.75) is 39.4 Å². The standard InChI is InChI=1S/C23H21F3N2O/c1-22(2)12-18-20(19(29)13-22)21(16-8-10-17(11-9-16)23(24,25)26)27-28(18)14-15-6-4-3-5-7-15/h3-11H,12-14H2,1-2H3. The molecule has 0 bridgehead atoms. The van der Waals surface area contributed by atoms with Crippen LogP contribution in [0.3, 0.4) is 0 Å². The number of carbonyl (C=O) groups excluding carboxylic acids is 1. The van der Waals surface area contributed by atoms with Crippen LogP contribution in [-0.2, 0) is 19.1 Å². The first kappa shape index (κ1) is 19.4. The Morgan fingerprint density at radius 1 is 1.00 bits per heavy atom. The summed E-state index contributed by atoms with van der Waals surface area (Å²) in [5.41, 5.74) is 2.53. The largest absolute Gasteiger partial charge is 0.416 e. The number of benzene rings is 2. The lowest BCUT2D eigenvalue weighted by molar-refractivity contribution is -0.137. The van der Waals surface area contributed by atoms with Gasteiger partial charge < -0.3 is 0 Å². The van der Waals surface area contributed by atoms with Crippen LogP contribution in [0, 0.1) is 5.41 Å². The molecule has 29 heavy (non-hydrogen) atoms. The highest BCUT2D eigenvalue weighted by Crippen LogP contribution is 2.40. The number of ketones is 1. The lowest BCUT2D eigenvalue weighted by Crippen LogP contribution is -2.28. The molecule has 0 amide bonds. The van der Waals surface area contributed by atoms with Crippen molar-refractivity contribution in [3.05, 3.63) is 77.0 Å². The lowest BCUT2D eigenvalue weighted by Gasteiger charge is -2.29. The van der Waals surface area contributed by atoms with Gasteiger partial charge in [-0.05, 0) is 29.5 Å². The first-order valence-corrected chi connectivity index (χ1v) is 9.48. The highest BCUT2D eigenvalue weighted by Gasteiger charge is 2.37. The van der Waals surface area contributed by atoms with Gasteiger partial charge in [0.1, 0.15) is 5.69 Å². The lowest BCUT2D eigenvalue weighted by atomic mass is 9.75. The quantitative estimate of drug-likeness (QED) is 0.561. The molecule has 0 saturated carbocycles. The van der Waals surface area contributed by atoms with E-state index in [4.69, 9.17) is 0 Å². The molecule has 0 aliphatic heterocycles. The minimum Gasteiger partial charge on any atom is -0.294 e. The zero-order valence-corrected chi connectivity index (χ0v) is 16.3. The molecule has 0 spiro atoms. The van der Waals surface area contributed by atoms with Crippen LogP contribution in [0.5, 0.6) is 0 Å². The maximum absolute atomic E-state index is 13.0. The van der Waals surface area contributed by atoms with Crippen LogP contribution in [0.1, 0.15) is 47.4 Å². The van der Waals surface area contributed by atoms with E-state index >= 15 is 0 Å². The summed E-state index contributed by atoms with van der Waals surface area (Å²) in [6.45, 7) is 4.60. The summed E-state index contributed by atoms with van der Waals surface area (Å²) >= 11 is 0. The van der Waals surface area contributed by atoms with Crippen LogP contribution in [-0.4, -0.2) is 15.6 Å². The first-order valence-electron chi connectivity index (χ1n) is 9.48. The fourth-order valence-corrected chi connectivity index (χ4v) is 3.91. The van der Waals surface area contributed by atoms with Crippen molar-refractivity contribution in [1.29, 1.82) is 0 Å². The molecule has 1 aliphatic carbocycles. The fourth-order valence-electron chi connectivity index (χ4n) is 3.91. The Labute approximate surface area is 167 Å². The Kier molecular flexibility index (Phi) is 4.60. The van der Waals surface area contributed by atoms with Gasteiger partial charge in [-0.25, -0.2) is 0 Å². The van der Waals surface area contributed by atoms with E-state index in [2.05, 4.69) is 5.10 Å². The second-order valence-electron chi connectivity index (χ2n) is 8.33. The molecule has 0 saturated heterocycles. The Hall–Kier alpha value is -2.89. The van der Waals surface area contributed by atoms with E-state index in [0.717, 1.165) is 23.4 Å². The van der Waals surface area contributed by atoms with E-state index in [0.29, 0.717) is 36.2 Å². The molecule has 1 aromatic heterocycles. The molecule has 0 fully saturated rings. The smallest absolute Gasteiger partial charge is 0.294 e. The van der Waals surface area contributed by atoms with Gasteiger partial charge in [0.15, 0.2) is 5.78 Å². The van der Waals surface area contributed by atoms with Crippen LogP contribution < -0.4 is 0 Å². The van der Waals surface area contributed by atoms with E-state index in [9.17, 15) is 18.0 Å². The number of Topliss-reactive ketones (excluding diaryl/α,β-unsaturated/α-hetero) is 1. The second-order valence-corrected chi connectivity index (χ2v) is 8.33. The minimum absolute atomic E-state index is 0.00883. The van der Waals surface area contributed by atoms with Crippen LogP contribution in [0.4, 0.5) is 13.2 Å². The number of hydrogen-bond acceptors (Lipinski definition) is 2. The van der Waals surface area contributed by atoms with Gasteiger partial charge >= 0.3 is 6.18 Å². The molecule has 0 atom stereocenters. The molecule has 0 unspecified atom stereocenters. The zero-order chi connectivity index (χ0) is 20.8. The predicted molar refractivity (Wildman–Crippen MR) is 105 cm³/mol. The van der Waals surface area contributed by atoms with Gasteiger partial charge in [0.25, 0.3) is 0 Å².